The third-order valence-electron chi connectivity index (χ3n) is 4.76. The van der Waals surface area contributed by atoms with E-state index in [0.29, 0.717) is 35.5 Å². The number of rotatable bonds is 10. The second-order valence-electron chi connectivity index (χ2n) is 7.11. The maximum Gasteiger partial charge on any atom is 0.339 e. The van der Waals surface area contributed by atoms with Crippen LogP contribution in [0, 0.1) is 11.6 Å². The molecule has 0 bridgehead atoms. The largest absolute Gasteiger partial charge is 0.490 e. The molecular weight excluding hydrogens is 454 g/mol. The van der Waals surface area contributed by atoms with Crippen molar-refractivity contribution in [2.75, 3.05) is 31.3 Å². The van der Waals surface area contributed by atoms with E-state index in [1.54, 1.807) is 18.2 Å². The molecule has 0 spiro atoms. The lowest BCUT2D eigenvalue weighted by atomic mass is 10.1. The minimum Gasteiger partial charge on any atom is -0.490 e. The molecule has 33 heavy (non-hydrogen) atoms. The smallest absolute Gasteiger partial charge is 0.339 e. The second-order valence-corrected chi connectivity index (χ2v) is 7.45. The summed E-state index contributed by atoms with van der Waals surface area (Å²) in [5, 5.41) is 3.07. The summed E-state index contributed by atoms with van der Waals surface area (Å²) in [6.45, 7) is 0.879. The fraction of sp³-hybridized carbons (Fsp3) is 0.261. The van der Waals surface area contributed by atoms with Crippen molar-refractivity contribution in [3.8, 4) is 17.0 Å². The number of ether oxygens (including phenoxy) is 2. The lowest BCUT2D eigenvalue weighted by Gasteiger charge is -2.12. The van der Waals surface area contributed by atoms with Crippen LogP contribution in [0.2, 0.25) is 5.28 Å². The number of hydrogen-bond donors (Lipinski definition) is 2. The van der Waals surface area contributed by atoms with E-state index in [2.05, 4.69) is 15.3 Å². The van der Waals surface area contributed by atoms with Gasteiger partial charge in [0.1, 0.15) is 5.69 Å². The number of nitrogens with zero attached hydrogens (tertiary/aromatic N) is 2. The molecule has 0 saturated heterocycles. The first-order chi connectivity index (χ1) is 15.9. The van der Waals surface area contributed by atoms with Gasteiger partial charge in [0.25, 0.3) is 0 Å². The van der Waals surface area contributed by atoms with Crippen molar-refractivity contribution >= 4 is 28.9 Å². The number of esters is 1. The lowest BCUT2D eigenvalue weighted by Crippen LogP contribution is -2.10. The van der Waals surface area contributed by atoms with Crippen LogP contribution in [0.25, 0.3) is 11.3 Å². The Kier molecular flexibility index (Phi) is 8.37. The quantitative estimate of drug-likeness (QED) is 0.181. The van der Waals surface area contributed by atoms with E-state index in [-0.39, 0.29) is 23.3 Å². The molecule has 0 fully saturated rings. The number of carbonyl (C=O) groups is 1. The van der Waals surface area contributed by atoms with Crippen LogP contribution in [0.3, 0.4) is 0 Å². The fourth-order valence-electron chi connectivity index (χ4n) is 3.11. The van der Waals surface area contributed by atoms with E-state index in [9.17, 15) is 13.6 Å². The van der Waals surface area contributed by atoms with E-state index >= 15 is 0 Å². The van der Waals surface area contributed by atoms with Gasteiger partial charge in [-0.25, -0.2) is 23.5 Å². The number of benzene rings is 2. The molecule has 0 aliphatic carbocycles. The molecule has 7 nitrogen and oxygen atoms in total. The molecule has 3 rings (SSSR count). The highest BCUT2D eigenvalue weighted by Crippen LogP contribution is 2.28. The number of nitrogens with two attached hydrogens (primary N) is 1. The Morgan fingerprint density at radius 2 is 1.94 bits per heavy atom. The number of methoxy groups -OCH3 is 1. The molecule has 0 unspecified atom stereocenters. The van der Waals surface area contributed by atoms with E-state index < -0.39 is 17.6 Å². The van der Waals surface area contributed by atoms with Crippen molar-refractivity contribution in [3.05, 3.63) is 65.1 Å². The SMILES string of the molecule is COC(=O)c1ccc(N)cc1NCCCCCOc1cc(-c2nc(Cl)ncc2F)ccc1F. The van der Waals surface area contributed by atoms with Gasteiger partial charge in [-0.2, -0.15) is 0 Å². The predicted octanol–water partition coefficient (Wildman–Crippen LogP) is 5.11. The minimum atomic E-state index is -0.667. The molecule has 1 aromatic heterocycles. The minimum absolute atomic E-state index is 0.00207. The molecule has 0 aliphatic rings. The summed E-state index contributed by atoms with van der Waals surface area (Å²) in [7, 11) is 1.32. The van der Waals surface area contributed by atoms with Gasteiger partial charge in [0.2, 0.25) is 5.28 Å². The molecule has 10 heteroatoms. The Morgan fingerprint density at radius 3 is 2.73 bits per heavy atom. The molecule has 0 amide bonds. The number of nitrogens with one attached hydrogen (secondary N) is 1. The summed E-state index contributed by atoms with van der Waals surface area (Å²) in [5.41, 5.74) is 7.65. The Balaban J connectivity index is 1.48. The Bertz CT molecular complexity index is 1130. The first-order valence-corrected chi connectivity index (χ1v) is 10.6. The standard InChI is InChI=1S/C23H23ClF2N4O3/c1-32-22(31)16-7-6-15(27)12-19(16)28-9-3-2-4-10-33-20-11-14(5-8-17(20)25)21-18(26)13-29-23(24)30-21/h5-8,11-13,28H,2-4,9-10,27H2,1H3. The number of nitrogen functional groups attached to an aromatic ring is 1. The molecular formula is C23H23ClF2N4O3. The highest BCUT2D eigenvalue weighted by molar-refractivity contribution is 6.28. The monoisotopic (exact) mass is 476 g/mol. The molecule has 0 saturated carbocycles. The third-order valence-corrected chi connectivity index (χ3v) is 4.94. The topological polar surface area (TPSA) is 99.4 Å². The number of carbonyl (C=O) groups excluding carboxylic acids is 1. The van der Waals surface area contributed by atoms with Crippen LogP contribution in [-0.2, 0) is 4.74 Å². The molecule has 1 heterocycles. The average molecular weight is 477 g/mol. The summed E-state index contributed by atoms with van der Waals surface area (Å²) in [5.74, 6) is -1.67. The normalized spacial score (nSPS) is 10.7. The van der Waals surface area contributed by atoms with Crippen LogP contribution in [0.1, 0.15) is 29.6 Å². The van der Waals surface area contributed by atoms with E-state index in [1.807, 2.05) is 0 Å². The van der Waals surface area contributed by atoms with Gasteiger partial charge in [-0.15, -0.1) is 0 Å². The van der Waals surface area contributed by atoms with E-state index in [0.717, 1.165) is 19.0 Å². The zero-order valence-electron chi connectivity index (χ0n) is 17.9. The lowest BCUT2D eigenvalue weighted by molar-refractivity contribution is 0.0602. The van der Waals surface area contributed by atoms with Crippen molar-refractivity contribution in [3.63, 3.8) is 0 Å². The number of unbranched alkanes of at least 4 members (excludes halogenated alkanes) is 2. The van der Waals surface area contributed by atoms with Gasteiger partial charge in [-0.1, -0.05) is 0 Å². The molecule has 0 atom stereocenters. The second kappa shape index (κ2) is 11.4. The van der Waals surface area contributed by atoms with Crippen LogP contribution >= 0.6 is 11.6 Å². The average Bonchev–Trinajstić information content (AvgIpc) is 2.80. The van der Waals surface area contributed by atoms with Crippen molar-refractivity contribution < 1.29 is 23.0 Å². The maximum absolute atomic E-state index is 14.1. The summed E-state index contributed by atoms with van der Waals surface area (Å²) in [4.78, 5) is 19.3. The van der Waals surface area contributed by atoms with Gasteiger partial charge in [0.15, 0.2) is 17.4 Å². The van der Waals surface area contributed by atoms with Gasteiger partial charge in [-0.05, 0) is 67.3 Å². The highest BCUT2D eigenvalue weighted by atomic mass is 35.5. The van der Waals surface area contributed by atoms with Crippen molar-refractivity contribution in [1.82, 2.24) is 9.97 Å². The van der Waals surface area contributed by atoms with Crippen LogP contribution in [0.4, 0.5) is 20.2 Å². The van der Waals surface area contributed by atoms with Gasteiger partial charge < -0.3 is 20.5 Å². The zero-order chi connectivity index (χ0) is 23.8. The number of hydrogen-bond acceptors (Lipinski definition) is 7. The molecule has 0 aliphatic heterocycles. The highest BCUT2D eigenvalue weighted by Gasteiger charge is 2.13. The molecule has 3 aromatic rings. The van der Waals surface area contributed by atoms with Crippen LogP contribution in [0.15, 0.2) is 42.6 Å². The van der Waals surface area contributed by atoms with Crippen LogP contribution in [0.5, 0.6) is 5.75 Å². The first kappa shape index (κ1) is 24.2. The molecule has 2 aromatic carbocycles. The number of halogens is 3. The zero-order valence-corrected chi connectivity index (χ0v) is 18.7. The third kappa shape index (κ3) is 6.52. The van der Waals surface area contributed by atoms with Gasteiger partial charge in [-0.3, -0.25) is 0 Å². The molecule has 174 valence electrons. The Labute approximate surface area is 194 Å². The van der Waals surface area contributed by atoms with Gasteiger partial charge >= 0.3 is 5.97 Å². The fourth-order valence-corrected chi connectivity index (χ4v) is 3.25. The van der Waals surface area contributed by atoms with E-state index in [1.165, 1.54) is 25.3 Å². The van der Waals surface area contributed by atoms with Crippen LogP contribution < -0.4 is 15.8 Å². The Morgan fingerprint density at radius 1 is 1.12 bits per heavy atom. The van der Waals surface area contributed by atoms with Crippen molar-refractivity contribution in [2.45, 2.75) is 19.3 Å². The van der Waals surface area contributed by atoms with Gasteiger partial charge in [0, 0.05) is 17.8 Å². The van der Waals surface area contributed by atoms with E-state index in [4.69, 9.17) is 26.8 Å². The first-order valence-electron chi connectivity index (χ1n) is 10.2. The predicted molar refractivity (Wildman–Crippen MR) is 122 cm³/mol. The summed E-state index contributed by atoms with van der Waals surface area (Å²) in [6, 6.07) is 8.90. The summed E-state index contributed by atoms with van der Waals surface area (Å²) < 4.78 is 38.4. The summed E-state index contributed by atoms with van der Waals surface area (Å²) >= 11 is 5.73. The molecule has 0 radical (unpaired) electrons. The van der Waals surface area contributed by atoms with Crippen molar-refractivity contribution in [2.24, 2.45) is 0 Å². The van der Waals surface area contributed by atoms with Crippen molar-refractivity contribution in [1.29, 1.82) is 0 Å². The maximum atomic E-state index is 14.1. The summed E-state index contributed by atoms with van der Waals surface area (Å²) in [6.07, 6.45) is 3.20. The number of anilines is 2. The molecule has 3 N–H and O–H groups in total. The Hall–Kier alpha value is -3.46. The van der Waals surface area contributed by atoms with Crippen LogP contribution in [-0.4, -0.2) is 36.2 Å². The number of aromatic nitrogens is 2. The van der Waals surface area contributed by atoms with Gasteiger partial charge in [0.05, 0.1) is 31.2 Å².